The number of nitrogens with two attached hydrogens (primary N) is 1. The molecule has 1 heterocycles. The first-order chi connectivity index (χ1) is 7.36. The van der Waals surface area contributed by atoms with Crippen molar-refractivity contribution in [2.45, 2.75) is 26.4 Å². The Balaban J connectivity index is 3.33. The van der Waals surface area contributed by atoms with Crippen molar-refractivity contribution in [1.29, 1.82) is 0 Å². The first-order valence-corrected chi connectivity index (χ1v) is 5.11. The molecule has 1 atom stereocenters. The third kappa shape index (κ3) is 2.00. The van der Waals surface area contributed by atoms with Crippen LogP contribution < -0.4 is 10.5 Å². The van der Waals surface area contributed by atoms with Gasteiger partial charge in [0.05, 0.1) is 7.11 Å². The molecule has 0 aromatic carbocycles. The number of alkyl halides is 1. The van der Waals surface area contributed by atoms with Crippen molar-refractivity contribution >= 4 is 0 Å². The van der Waals surface area contributed by atoms with Gasteiger partial charge in [0.1, 0.15) is 5.69 Å². The smallest absolute Gasteiger partial charge is 0.238 e. The van der Waals surface area contributed by atoms with E-state index in [1.54, 1.807) is 20.8 Å². The molecule has 2 N–H and O–H groups in total. The van der Waals surface area contributed by atoms with Crippen LogP contribution in [0.25, 0.3) is 0 Å². The van der Waals surface area contributed by atoms with Crippen molar-refractivity contribution in [2.75, 3.05) is 13.7 Å². The van der Waals surface area contributed by atoms with Crippen molar-refractivity contribution in [3.63, 3.8) is 0 Å². The first kappa shape index (κ1) is 12.8. The van der Waals surface area contributed by atoms with E-state index in [0.29, 0.717) is 0 Å². The molecular weight excluding hydrogens is 209 g/mol. The third-order valence-electron chi connectivity index (χ3n) is 2.70. The van der Waals surface area contributed by atoms with Crippen LogP contribution in [0.15, 0.2) is 12.4 Å². The van der Waals surface area contributed by atoms with Crippen molar-refractivity contribution in [3.8, 4) is 5.88 Å². The second-order valence-electron chi connectivity index (χ2n) is 4.67. The molecule has 0 bridgehead atoms. The van der Waals surface area contributed by atoms with Crippen LogP contribution in [0.1, 0.15) is 26.5 Å². The Morgan fingerprint density at radius 1 is 1.31 bits per heavy atom. The van der Waals surface area contributed by atoms with E-state index in [1.165, 1.54) is 19.5 Å². The van der Waals surface area contributed by atoms with Crippen LogP contribution in [0.5, 0.6) is 5.88 Å². The molecule has 0 fully saturated rings. The lowest BCUT2D eigenvalue weighted by molar-refractivity contribution is 0.0267. The predicted octanol–water partition coefficient (Wildman–Crippen LogP) is 1.65. The Labute approximate surface area is 95.0 Å². The van der Waals surface area contributed by atoms with E-state index in [2.05, 4.69) is 9.97 Å². The zero-order valence-electron chi connectivity index (χ0n) is 10.1. The number of nitrogens with zero attached hydrogens (tertiary/aromatic N) is 2. The Morgan fingerprint density at radius 2 is 1.88 bits per heavy atom. The largest absolute Gasteiger partial charge is 0.480 e. The normalized spacial score (nSPS) is 15.6. The summed E-state index contributed by atoms with van der Waals surface area (Å²) in [6.07, 6.45) is 2.90. The van der Waals surface area contributed by atoms with E-state index in [0.717, 1.165) is 0 Å². The lowest BCUT2D eigenvalue weighted by atomic mass is 9.76. The summed E-state index contributed by atoms with van der Waals surface area (Å²) in [7, 11) is 1.44. The van der Waals surface area contributed by atoms with Gasteiger partial charge < -0.3 is 10.5 Å². The molecule has 1 rings (SSSR count). The third-order valence-corrected chi connectivity index (χ3v) is 2.70. The van der Waals surface area contributed by atoms with Gasteiger partial charge in [-0.15, -0.1) is 0 Å². The maximum atomic E-state index is 14.9. The molecule has 1 aromatic heterocycles. The van der Waals surface area contributed by atoms with Gasteiger partial charge in [0.2, 0.25) is 5.88 Å². The Hall–Kier alpha value is -1.23. The number of aromatic nitrogens is 2. The molecule has 4 nitrogen and oxygen atoms in total. The lowest BCUT2D eigenvalue weighted by Gasteiger charge is -2.36. The number of ether oxygens (including phenoxy) is 1. The molecule has 0 aliphatic rings. The molecule has 5 heteroatoms. The molecule has 0 aliphatic carbocycles. The van der Waals surface area contributed by atoms with E-state index >= 15 is 0 Å². The van der Waals surface area contributed by atoms with E-state index < -0.39 is 11.1 Å². The number of methoxy groups -OCH3 is 1. The fourth-order valence-electron chi connectivity index (χ4n) is 1.50. The van der Waals surface area contributed by atoms with Crippen molar-refractivity contribution in [1.82, 2.24) is 9.97 Å². The van der Waals surface area contributed by atoms with Gasteiger partial charge in [-0.25, -0.2) is 9.37 Å². The summed E-state index contributed by atoms with van der Waals surface area (Å²) in [6, 6.07) is 0. The van der Waals surface area contributed by atoms with E-state index in [4.69, 9.17) is 10.5 Å². The molecule has 0 saturated carbocycles. The zero-order chi connectivity index (χ0) is 12.4. The van der Waals surface area contributed by atoms with Gasteiger partial charge in [0, 0.05) is 24.4 Å². The SMILES string of the molecule is COc1nccnc1C(F)(CN)C(C)(C)C. The van der Waals surface area contributed by atoms with E-state index in [-0.39, 0.29) is 18.1 Å². The summed E-state index contributed by atoms with van der Waals surface area (Å²) in [6.45, 7) is 5.15. The highest BCUT2D eigenvalue weighted by molar-refractivity contribution is 5.27. The Morgan fingerprint density at radius 3 is 2.31 bits per heavy atom. The highest BCUT2D eigenvalue weighted by Gasteiger charge is 2.46. The zero-order valence-corrected chi connectivity index (χ0v) is 10.1. The highest BCUT2D eigenvalue weighted by atomic mass is 19.1. The van der Waals surface area contributed by atoms with Crippen LogP contribution in [-0.4, -0.2) is 23.6 Å². The summed E-state index contributed by atoms with van der Waals surface area (Å²) >= 11 is 0. The average Bonchev–Trinajstić information content (AvgIpc) is 2.26. The summed E-state index contributed by atoms with van der Waals surface area (Å²) in [4.78, 5) is 7.96. The van der Waals surface area contributed by atoms with Crippen LogP contribution in [0, 0.1) is 5.41 Å². The average molecular weight is 227 g/mol. The number of hydrogen-bond donors (Lipinski definition) is 1. The molecule has 0 saturated heterocycles. The number of halogens is 1. The number of hydrogen-bond acceptors (Lipinski definition) is 4. The van der Waals surface area contributed by atoms with Crippen molar-refractivity contribution in [2.24, 2.45) is 11.1 Å². The Kier molecular flexibility index (Phi) is 3.48. The predicted molar refractivity (Wildman–Crippen MR) is 59.9 cm³/mol. The van der Waals surface area contributed by atoms with Crippen LogP contribution in [0.4, 0.5) is 4.39 Å². The lowest BCUT2D eigenvalue weighted by Crippen LogP contribution is -2.43. The minimum atomic E-state index is -1.76. The first-order valence-electron chi connectivity index (χ1n) is 5.11. The quantitative estimate of drug-likeness (QED) is 0.853. The second kappa shape index (κ2) is 4.33. The molecule has 90 valence electrons. The fourth-order valence-corrected chi connectivity index (χ4v) is 1.50. The maximum Gasteiger partial charge on any atom is 0.238 e. The van der Waals surface area contributed by atoms with Gasteiger partial charge in [0.15, 0.2) is 5.67 Å². The van der Waals surface area contributed by atoms with Gasteiger partial charge in [-0.05, 0) is 0 Å². The minimum absolute atomic E-state index is 0.160. The van der Waals surface area contributed by atoms with Gasteiger partial charge in [-0.2, -0.15) is 0 Å². The van der Waals surface area contributed by atoms with Crippen molar-refractivity contribution < 1.29 is 9.13 Å². The molecule has 1 aromatic rings. The molecule has 0 spiro atoms. The molecular formula is C11H18FN3O. The van der Waals surface area contributed by atoms with E-state index in [9.17, 15) is 4.39 Å². The van der Waals surface area contributed by atoms with Crippen LogP contribution in [-0.2, 0) is 5.67 Å². The molecule has 0 aliphatic heterocycles. The standard InChI is InChI=1S/C11H18FN3O/c1-10(2,3)11(12,7-13)8-9(16-4)15-6-5-14-8/h5-6H,7,13H2,1-4H3. The summed E-state index contributed by atoms with van der Waals surface area (Å²) in [5.41, 5.74) is 3.28. The van der Waals surface area contributed by atoms with Crippen LogP contribution in [0.3, 0.4) is 0 Å². The van der Waals surface area contributed by atoms with Gasteiger partial charge >= 0.3 is 0 Å². The van der Waals surface area contributed by atoms with Gasteiger partial charge in [-0.3, -0.25) is 4.98 Å². The van der Waals surface area contributed by atoms with Crippen LogP contribution >= 0.6 is 0 Å². The molecule has 0 amide bonds. The molecule has 16 heavy (non-hydrogen) atoms. The topological polar surface area (TPSA) is 61.0 Å². The van der Waals surface area contributed by atoms with Crippen LogP contribution in [0.2, 0.25) is 0 Å². The molecule has 1 unspecified atom stereocenters. The molecule has 0 radical (unpaired) electrons. The van der Waals surface area contributed by atoms with Gasteiger partial charge in [0.25, 0.3) is 0 Å². The second-order valence-corrected chi connectivity index (χ2v) is 4.67. The van der Waals surface area contributed by atoms with E-state index in [1.807, 2.05) is 0 Å². The Bertz CT molecular complexity index is 364. The number of rotatable bonds is 3. The fraction of sp³-hybridized carbons (Fsp3) is 0.636. The summed E-state index contributed by atoms with van der Waals surface area (Å²) < 4.78 is 19.9. The minimum Gasteiger partial charge on any atom is -0.480 e. The summed E-state index contributed by atoms with van der Waals surface area (Å²) in [5, 5.41) is 0. The highest BCUT2D eigenvalue weighted by Crippen LogP contribution is 2.43. The van der Waals surface area contributed by atoms with Crippen molar-refractivity contribution in [3.05, 3.63) is 18.1 Å². The van der Waals surface area contributed by atoms with Gasteiger partial charge in [-0.1, -0.05) is 20.8 Å². The summed E-state index contributed by atoms with van der Waals surface area (Å²) in [5.74, 6) is 0.186. The monoisotopic (exact) mass is 227 g/mol. The maximum absolute atomic E-state index is 14.9.